The highest BCUT2D eigenvalue weighted by Gasteiger charge is 2.43. The molecule has 1 fully saturated rings. The maximum atomic E-state index is 5.93. The summed E-state index contributed by atoms with van der Waals surface area (Å²) in [6, 6.07) is 18.8. The number of halogens is 1. The molecule has 0 aliphatic heterocycles. The van der Waals surface area contributed by atoms with Crippen LogP contribution in [-0.4, -0.2) is 0 Å². The summed E-state index contributed by atoms with van der Waals surface area (Å²) in [6.07, 6.45) is 1.18. The van der Waals surface area contributed by atoms with Crippen molar-refractivity contribution in [1.29, 1.82) is 0 Å². The highest BCUT2D eigenvalue weighted by molar-refractivity contribution is 6.30. The first-order chi connectivity index (χ1) is 9.29. The second-order valence-electron chi connectivity index (χ2n) is 5.11. The van der Waals surface area contributed by atoms with Crippen molar-refractivity contribution in [2.24, 2.45) is 11.8 Å². The molecule has 0 amide bonds. The Balaban J connectivity index is 1.77. The topological polar surface area (TPSA) is 38.0 Å². The van der Waals surface area contributed by atoms with Crippen molar-refractivity contribution in [2.45, 2.75) is 18.4 Å². The average molecular weight is 273 g/mol. The van der Waals surface area contributed by atoms with Gasteiger partial charge in [0.25, 0.3) is 0 Å². The Kier molecular flexibility index (Phi) is 3.56. The Morgan fingerprint density at radius 2 is 1.74 bits per heavy atom. The molecule has 0 radical (unpaired) electrons. The van der Waals surface area contributed by atoms with Crippen molar-refractivity contribution in [3.05, 3.63) is 70.7 Å². The number of hydrazine groups is 1. The van der Waals surface area contributed by atoms with Gasteiger partial charge in [-0.15, -0.1) is 0 Å². The molecule has 0 bridgehead atoms. The maximum absolute atomic E-state index is 5.93. The van der Waals surface area contributed by atoms with E-state index in [4.69, 9.17) is 17.4 Å². The molecule has 2 nitrogen and oxygen atoms in total. The number of nitrogens with one attached hydrogen (secondary N) is 1. The van der Waals surface area contributed by atoms with Gasteiger partial charge in [-0.2, -0.15) is 0 Å². The molecule has 0 heterocycles. The maximum Gasteiger partial charge on any atom is 0.0494 e. The second kappa shape index (κ2) is 5.33. The van der Waals surface area contributed by atoms with Gasteiger partial charge in [-0.05, 0) is 41.5 Å². The Morgan fingerprint density at radius 3 is 2.37 bits per heavy atom. The lowest BCUT2D eigenvalue weighted by molar-refractivity contribution is 0.487. The fourth-order valence-electron chi connectivity index (χ4n) is 2.80. The molecule has 2 aromatic carbocycles. The van der Waals surface area contributed by atoms with Gasteiger partial charge < -0.3 is 0 Å². The number of hydrogen-bond acceptors (Lipinski definition) is 2. The van der Waals surface area contributed by atoms with Crippen molar-refractivity contribution in [3.63, 3.8) is 0 Å². The average Bonchev–Trinajstić information content (AvgIpc) is 3.23. The van der Waals surface area contributed by atoms with E-state index in [0.29, 0.717) is 11.8 Å². The first-order valence-electron chi connectivity index (χ1n) is 6.56. The van der Waals surface area contributed by atoms with Gasteiger partial charge in [0.05, 0.1) is 0 Å². The third kappa shape index (κ3) is 2.66. The summed E-state index contributed by atoms with van der Waals surface area (Å²) >= 11 is 5.93. The zero-order chi connectivity index (χ0) is 13.2. The lowest BCUT2D eigenvalue weighted by atomic mass is 9.99. The van der Waals surface area contributed by atoms with E-state index in [9.17, 15) is 0 Å². The van der Waals surface area contributed by atoms with Gasteiger partial charge in [-0.25, -0.2) is 0 Å². The molecule has 2 aromatic rings. The molecule has 0 saturated heterocycles. The number of hydrogen-bond donors (Lipinski definition) is 2. The minimum Gasteiger partial charge on any atom is -0.271 e. The highest BCUT2D eigenvalue weighted by atomic mass is 35.5. The molecule has 3 unspecified atom stereocenters. The molecule has 3 N–H and O–H groups in total. The van der Waals surface area contributed by atoms with E-state index < -0.39 is 0 Å². The predicted molar refractivity (Wildman–Crippen MR) is 78.8 cm³/mol. The summed E-state index contributed by atoms with van der Waals surface area (Å²) in [6.45, 7) is 0. The molecule has 3 atom stereocenters. The Labute approximate surface area is 118 Å². The summed E-state index contributed by atoms with van der Waals surface area (Å²) < 4.78 is 0. The van der Waals surface area contributed by atoms with Crippen molar-refractivity contribution < 1.29 is 0 Å². The second-order valence-corrected chi connectivity index (χ2v) is 5.55. The largest absolute Gasteiger partial charge is 0.271 e. The van der Waals surface area contributed by atoms with Gasteiger partial charge in [-0.3, -0.25) is 11.3 Å². The van der Waals surface area contributed by atoms with Crippen LogP contribution in [0.2, 0.25) is 5.02 Å². The van der Waals surface area contributed by atoms with E-state index in [1.165, 1.54) is 17.5 Å². The first kappa shape index (κ1) is 12.7. The van der Waals surface area contributed by atoms with Crippen LogP contribution in [-0.2, 0) is 0 Å². The molecule has 0 spiro atoms. The molecular formula is C16H17ClN2. The number of nitrogens with two attached hydrogens (primary N) is 1. The Hall–Kier alpha value is -1.35. The monoisotopic (exact) mass is 272 g/mol. The quantitative estimate of drug-likeness (QED) is 0.659. The molecule has 98 valence electrons. The molecule has 1 saturated carbocycles. The summed E-state index contributed by atoms with van der Waals surface area (Å²) in [5.74, 6) is 6.91. The van der Waals surface area contributed by atoms with Gasteiger partial charge in [0.15, 0.2) is 0 Å². The van der Waals surface area contributed by atoms with Gasteiger partial charge in [-0.1, -0.05) is 54.1 Å². The first-order valence-corrected chi connectivity index (χ1v) is 6.94. The molecule has 3 heteroatoms. The Morgan fingerprint density at radius 1 is 1.05 bits per heavy atom. The van der Waals surface area contributed by atoms with E-state index in [1.54, 1.807) is 0 Å². The van der Waals surface area contributed by atoms with E-state index in [0.717, 1.165) is 5.02 Å². The lowest BCUT2D eigenvalue weighted by Gasteiger charge is -2.16. The molecule has 1 aliphatic rings. The molecule has 3 rings (SSSR count). The van der Waals surface area contributed by atoms with Crippen molar-refractivity contribution in [2.75, 3.05) is 0 Å². The van der Waals surface area contributed by atoms with Crippen LogP contribution in [0.25, 0.3) is 0 Å². The van der Waals surface area contributed by atoms with Crippen molar-refractivity contribution >= 4 is 11.6 Å². The van der Waals surface area contributed by atoms with Crippen LogP contribution in [0, 0.1) is 5.92 Å². The number of rotatable bonds is 4. The fourth-order valence-corrected chi connectivity index (χ4v) is 2.93. The van der Waals surface area contributed by atoms with Crippen LogP contribution < -0.4 is 11.3 Å². The summed E-state index contributed by atoms with van der Waals surface area (Å²) in [4.78, 5) is 0. The molecule has 19 heavy (non-hydrogen) atoms. The summed E-state index contributed by atoms with van der Waals surface area (Å²) in [5.41, 5.74) is 5.56. The zero-order valence-corrected chi connectivity index (χ0v) is 11.3. The van der Waals surface area contributed by atoms with Crippen LogP contribution in [0.15, 0.2) is 54.6 Å². The van der Waals surface area contributed by atoms with Gasteiger partial charge in [0.1, 0.15) is 0 Å². The highest BCUT2D eigenvalue weighted by Crippen LogP contribution is 2.53. The third-order valence-electron chi connectivity index (χ3n) is 3.90. The molecule has 1 aliphatic carbocycles. The Bertz CT molecular complexity index is 538. The van der Waals surface area contributed by atoms with Gasteiger partial charge in [0.2, 0.25) is 0 Å². The summed E-state index contributed by atoms with van der Waals surface area (Å²) in [5, 5.41) is 0.759. The minimum absolute atomic E-state index is 0.197. The van der Waals surface area contributed by atoms with Crippen molar-refractivity contribution in [1.82, 2.24) is 5.43 Å². The lowest BCUT2D eigenvalue weighted by Crippen LogP contribution is -2.29. The third-order valence-corrected chi connectivity index (χ3v) is 4.16. The van der Waals surface area contributed by atoms with E-state index in [-0.39, 0.29) is 6.04 Å². The minimum atomic E-state index is 0.197. The van der Waals surface area contributed by atoms with E-state index in [2.05, 4.69) is 35.8 Å². The van der Waals surface area contributed by atoms with Gasteiger partial charge >= 0.3 is 0 Å². The van der Waals surface area contributed by atoms with Crippen LogP contribution in [0.4, 0.5) is 0 Å². The van der Waals surface area contributed by atoms with Crippen LogP contribution in [0.5, 0.6) is 0 Å². The zero-order valence-electron chi connectivity index (χ0n) is 10.6. The normalized spacial score (nSPS) is 23.1. The van der Waals surface area contributed by atoms with E-state index in [1.807, 2.05) is 24.3 Å². The smallest absolute Gasteiger partial charge is 0.0494 e. The number of benzene rings is 2. The van der Waals surface area contributed by atoms with Crippen molar-refractivity contribution in [3.8, 4) is 0 Å². The SMILES string of the molecule is NNC(c1ccc(Cl)cc1)C1CC1c1ccccc1. The molecular weight excluding hydrogens is 256 g/mol. The predicted octanol–water partition coefficient (Wildman–Crippen LogP) is 3.65. The summed E-state index contributed by atoms with van der Waals surface area (Å²) in [7, 11) is 0. The standard InChI is InChI=1S/C16H17ClN2/c17-13-8-6-12(7-9-13)16(19-18)15-10-14(15)11-4-2-1-3-5-11/h1-9,14-16,19H,10,18H2. The van der Waals surface area contributed by atoms with Gasteiger partial charge in [0, 0.05) is 11.1 Å². The van der Waals surface area contributed by atoms with E-state index >= 15 is 0 Å². The van der Waals surface area contributed by atoms with Crippen LogP contribution in [0.3, 0.4) is 0 Å². The van der Waals surface area contributed by atoms with Crippen LogP contribution >= 0.6 is 11.6 Å². The fraction of sp³-hybridized carbons (Fsp3) is 0.250. The molecule has 0 aromatic heterocycles. The van der Waals surface area contributed by atoms with Crippen LogP contribution in [0.1, 0.15) is 29.5 Å².